The van der Waals surface area contributed by atoms with Gasteiger partial charge in [0.25, 0.3) is 0 Å². The van der Waals surface area contributed by atoms with Gasteiger partial charge >= 0.3 is 5.97 Å². The highest BCUT2D eigenvalue weighted by atomic mass is 16.7. The number of ether oxygens (including phenoxy) is 2. The van der Waals surface area contributed by atoms with Crippen molar-refractivity contribution in [1.82, 2.24) is 0 Å². The largest absolute Gasteiger partial charge is 0.481 e. The van der Waals surface area contributed by atoms with Crippen LogP contribution in [0.25, 0.3) is 0 Å². The van der Waals surface area contributed by atoms with E-state index in [0.717, 1.165) is 38.5 Å². The third-order valence-electron chi connectivity index (χ3n) is 3.06. The van der Waals surface area contributed by atoms with Gasteiger partial charge in [-0.2, -0.15) is 0 Å². The molecule has 4 nitrogen and oxygen atoms in total. The Morgan fingerprint density at radius 3 is 1.95 bits per heavy atom. The van der Waals surface area contributed by atoms with E-state index in [2.05, 4.69) is 38.2 Å². The van der Waals surface area contributed by atoms with Crippen molar-refractivity contribution in [3.05, 3.63) is 24.3 Å². The predicted molar refractivity (Wildman–Crippen MR) is 89.9 cm³/mol. The second-order valence-corrected chi connectivity index (χ2v) is 5.15. The van der Waals surface area contributed by atoms with Crippen LogP contribution in [-0.4, -0.2) is 30.6 Å². The van der Waals surface area contributed by atoms with Crippen molar-refractivity contribution in [2.75, 3.05) is 13.2 Å². The summed E-state index contributed by atoms with van der Waals surface area (Å²) in [7, 11) is 0. The van der Waals surface area contributed by atoms with Gasteiger partial charge in [-0.05, 0) is 44.9 Å². The number of carbonyl (C=O) groups is 1. The van der Waals surface area contributed by atoms with Gasteiger partial charge in [0.05, 0.1) is 13.2 Å². The van der Waals surface area contributed by atoms with Crippen LogP contribution in [0, 0.1) is 0 Å². The lowest BCUT2D eigenvalue weighted by Crippen LogP contribution is -2.18. The van der Waals surface area contributed by atoms with Crippen LogP contribution < -0.4 is 0 Å². The van der Waals surface area contributed by atoms with Crippen molar-refractivity contribution < 1.29 is 19.4 Å². The number of hydrogen-bond acceptors (Lipinski definition) is 3. The molecular weight excluding hydrogens is 280 g/mol. The average Bonchev–Trinajstić information content (AvgIpc) is 2.50. The summed E-state index contributed by atoms with van der Waals surface area (Å²) < 4.78 is 11.5. The van der Waals surface area contributed by atoms with Crippen molar-refractivity contribution in [2.24, 2.45) is 0 Å². The number of carboxylic acid groups (broad SMARTS) is 1. The third kappa shape index (κ3) is 15.3. The number of aliphatic carboxylic acids is 1. The zero-order valence-electron chi connectivity index (χ0n) is 14.1. The fraction of sp³-hybridized carbons (Fsp3) is 0.722. The molecule has 4 heteroatoms. The minimum Gasteiger partial charge on any atom is -0.481 e. The molecule has 0 radical (unpaired) electrons. The first-order valence-electron chi connectivity index (χ1n) is 8.45. The van der Waals surface area contributed by atoms with Crippen LogP contribution in [0.4, 0.5) is 0 Å². The van der Waals surface area contributed by atoms with Gasteiger partial charge in [-0.25, -0.2) is 0 Å². The van der Waals surface area contributed by atoms with Gasteiger partial charge in [0, 0.05) is 6.42 Å². The maximum atomic E-state index is 10.5. The topological polar surface area (TPSA) is 55.8 Å². The molecule has 0 bridgehead atoms. The van der Waals surface area contributed by atoms with Crippen LogP contribution in [0.1, 0.15) is 65.2 Å². The molecule has 0 aromatic rings. The maximum Gasteiger partial charge on any atom is 0.303 e. The Bertz CT molecular complexity index is 290. The predicted octanol–water partition coefficient (Wildman–Crippen LogP) is 4.70. The average molecular weight is 312 g/mol. The van der Waals surface area contributed by atoms with E-state index >= 15 is 0 Å². The molecule has 128 valence electrons. The van der Waals surface area contributed by atoms with E-state index < -0.39 is 5.97 Å². The quantitative estimate of drug-likeness (QED) is 0.270. The molecular formula is C18H32O4. The molecule has 0 amide bonds. The van der Waals surface area contributed by atoms with Crippen LogP contribution >= 0.6 is 0 Å². The van der Waals surface area contributed by atoms with E-state index in [1.54, 1.807) is 0 Å². The van der Waals surface area contributed by atoms with Gasteiger partial charge < -0.3 is 14.6 Å². The molecule has 0 fully saturated rings. The number of rotatable bonds is 15. The number of hydrogen-bond donors (Lipinski definition) is 1. The van der Waals surface area contributed by atoms with Crippen LogP contribution in [0.5, 0.6) is 0 Å². The fourth-order valence-corrected chi connectivity index (χ4v) is 1.91. The summed E-state index contributed by atoms with van der Waals surface area (Å²) in [5.41, 5.74) is 0. The summed E-state index contributed by atoms with van der Waals surface area (Å²) in [6, 6.07) is 0. The molecule has 0 aromatic carbocycles. The summed E-state index contributed by atoms with van der Waals surface area (Å²) in [4.78, 5) is 10.5. The Balaban J connectivity index is 3.93. The zero-order valence-corrected chi connectivity index (χ0v) is 14.1. The Morgan fingerprint density at radius 2 is 1.50 bits per heavy atom. The first kappa shape index (κ1) is 20.9. The van der Waals surface area contributed by atoms with Crippen molar-refractivity contribution >= 4 is 5.97 Å². The van der Waals surface area contributed by atoms with Crippen molar-refractivity contribution in [3.8, 4) is 0 Å². The van der Waals surface area contributed by atoms with E-state index in [1.807, 2.05) is 0 Å². The Morgan fingerprint density at radius 1 is 0.955 bits per heavy atom. The van der Waals surface area contributed by atoms with Crippen LogP contribution in [-0.2, 0) is 14.3 Å². The molecule has 0 saturated carbocycles. The van der Waals surface area contributed by atoms with E-state index in [4.69, 9.17) is 14.6 Å². The van der Waals surface area contributed by atoms with Gasteiger partial charge in [-0.3, -0.25) is 4.79 Å². The van der Waals surface area contributed by atoms with Crippen molar-refractivity contribution in [2.45, 2.75) is 71.5 Å². The highest BCUT2D eigenvalue weighted by Gasteiger charge is 2.09. The van der Waals surface area contributed by atoms with E-state index in [-0.39, 0.29) is 12.7 Å². The molecule has 0 aliphatic carbocycles. The first-order chi connectivity index (χ1) is 10.7. The van der Waals surface area contributed by atoms with E-state index in [9.17, 15) is 4.79 Å². The first-order valence-corrected chi connectivity index (χ1v) is 8.45. The van der Waals surface area contributed by atoms with Crippen molar-refractivity contribution in [1.29, 1.82) is 0 Å². The van der Waals surface area contributed by atoms with Gasteiger partial charge in [-0.15, -0.1) is 0 Å². The van der Waals surface area contributed by atoms with Gasteiger partial charge in [-0.1, -0.05) is 38.2 Å². The standard InChI is InChI=1S/C18H32O4/c1-3-5-7-11-15-21-18(14-10-9-13-17(19)20)22-16-12-8-6-4-2/h5-8,18H,3-4,9-16H2,1-2H3,(H,19,20)/b7-5-,8-6-. The van der Waals surface area contributed by atoms with E-state index in [0.29, 0.717) is 19.6 Å². The molecule has 0 atom stereocenters. The minimum atomic E-state index is -0.743. The van der Waals surface area contributed by atoms with Gasteiger partial charge in [0.1, 0.15) is 0 Å². The molecule has 0 unspecified atom stereocenters. The summed E-state index contributed by atoms with van der Waals surface area (Å²) >= 11 is 0. The zero-order chi connectivity index (χ0) is 16.5. The Labute approximate surface area is 135 Å². The third-order valence-corrected chi connectivity index (χ3v) is 3.06. The normalized spacial score (nSPS) is 12.0. The Kier molecular flexibility index (Phi) is 15.4. The van der Waals surface area contributed by atoms with Gasteiger partial charge in [0.15, 0.2) is 6.29 Å². The molecule has 1 N–H and O–H groups in total. The lowest BCUT2D eigenvalue weighted by molar-refractivity contribution is -0.146. The number of allylic oxidation sites excluding steroid dienone is 2. The number of unbranched alkanes of at least 4 members (excludes halogenated alkanes) is 1. The number of carboxylic acids is 1. The SMILES string of the molecule is CC/C=C\CCOC(CCCCC(=O)O)OCC/C=C\CC. The van der Waals surface area contributed by atoms with Gasteiger partial charge in [0.2, 0.25) is 0 Å². The molecule has 0 aliphatic heterocycles. The highest BCUT2D eigenvalue weighted by Crippen LogP contribution is 2.10. The molecule has 0 aromatic heterocycles. The lowest BCUT2D eigenvalue weighted by atomic mass is 10.2. The van der Waals surface area contributed by atoms with Crippen molar-refractivity contribution in [3.63, 3.8) is 0 Å². The smallest absolute Gasteiger partial charge is 0.303 e. The second-order valence-electron chi connectivity index (χ2n) is 5.15. The Hall–Kier alpha value is -1.13. The highest BCUT2D eigenvalue weighted by molar-refractivity contribution is 5.66. The minimum absolute atomic E-state index is 0.213. The van der Waals surface area contributed by atoms with Crippen LogP contribution in [0.15, 0.2) is 24.3 Å². The molecule has 0 heterocycles. The second kappa shape index (κ2) is 16.2. The fourth-order valence-electron chi connectivity index (χ4n) is 1.91. The lowest BCUT2D eigenvalue weighted by Gasteiger charge is -2.18. The molecule has 0 aliphatic rings. The maximum absolute atomic E-state index is 10.5. The molecule has 0 saturated heterocycles. The summed E-state index contributed by atoms with van der Waals surface area (Å²) in [6.45, 7) is 5.50. The van der Waals surface area contributed by atoms with E-state index in [1.165, 1.54) is 0 Å². The summed E-state index contributed by atoms with van der Waals surface area (Å²) in [5, 5.41) is 8.65. The summed E-state index contributed by atoms with van der Waals surface area (Å²) in [5.74, 6) is -0.743. The monoisotopic (exact) mass is 312 g/mol. The van der Waals surface area contributed by atoms with Crippen LogP contribution in [0.2, 0.25) is 0 Å². The van der Waals surface area contributed by atoms with Crippen LogP contribution in [0.3, 0.4) is 0 Å². The molecule has 0 rings (SSSR count). The molecule has 22 heavy (non-hydrogen) atoms. The summed E-state index contributed by atoms with van der Waals surface area (Å²) in [6.07, 6.45) is 14.6. The molecule has 0 spiro atoms.